The lowest BCUT2D eigenvalue weighted by Gasteiger charge is -2.08. The van der Waals surface area contributed by atoms with Gasteiger partial charge in [-0.25, -0.2) is 0 Å². The van der Waals surface area contributed by atoms with Crippen LogP contribution in [-0.4, -0.2) is 35.9 Å². The zero-order chi connectivity index (χ0) is 21.5. The van der Waals surface area contributed by atoms with Crippen LogP contribution in [0.15, 0.2) is 66.7 Å². The molecule has 3 aromatic carbocycles. The summed E-state index contributed by atoms with van der Waals surface area (Å²) in [6, 6.07) is 18.1. The maximum Gasteiger partial charge on any atom is 0.325 e. The summed E-state index contributed by atoms with van der Waals surface area (Å²) in [7, 11) is 0. The Kier molecular flexibility index (Phi) is 6.33. The van der Waals surface area contributed by atoms with Crippen LogP contribution < -0.4 is 10.6 Å². The summed E-state index contributed by atoms with van der Waals surface area (Å²) in [6.07, 6.45) is 0. The van der Waals surface area contributed by atoms with Crippen LogP contribution in [0, 0.1) is 10.1 Å². The molecule has 3 rings (SSSR count). The number of rotatable bonds is 7. The number of hydrogen-bond acceptors (Lipinski definition) is 6. The van der Waals surface area contributed by atoms with E-state index in [0.717, 1.165) is 16.8 Å². The van der Waals surface area contributed by atoms with Crippen molar-refractivity contribution in [2.75, 3.05) is 18.5 Å². The standard InChI is InChI=1S/C21H17N3O6/c25-19(23-17-9-8-14-4-1-2-5-15(14)10-17)13-30-20(26)12-22-21(27)16-6-3-7-18(11-16)24(28)29/h1-11H,12-13H2,(H,22,27)(H,23,25). The Morgan fingerprint density at radius 3 is 2.47 bits per heavy atom. The average molecular weight is 407 g/mol. The first kappa shape index (κ1) is 20.5. The van der Waals surface area contributed by atoms with Crippen LogP contribution in [0.5, 0.6) is 0 Å². The minimum atomic E-state index is -0.817. The van der Waals surface area contributed by atoms with Crippen molar-refractivity contribution in [3.05, 3.63) is 82.4 Å². The van der Waals surface area contributed by atoms with E-state index in [2.05, 4.69) is 10.6 Å². The third-order valence-corrected chi connectivity index (χ3v) is 4.11. The molecule has 0 bridgehead atoms. The molecule has 0 saturated carbocycles. The third-order valence-electron chi connectivity index (χ3n) is 4.11. The van der Waals surface area contributed by atoms with E-state index in [1.165, 1.54) is 18.2 Å². The van der Waals surface area contributed by atoms with E-state index in [9.17, 15) is 24.5 Å². The lowest BCUT2D eigenvalue weighted by molar-refractivity contribution is -0.384. The van der Waals surface area contributed by atoms with Gasteiger partial charge in [0.2, 0.25) is 0 Å². The first-order chi connectivity index (χ1) is 14.4. The molecule has 9 heteroatoms. The van der Waals surface area contributed by atoms with Crippen LogP contribution in [-0.2, 0) is 14.3 Å². The van der Waals surface area contributed by atoms with Crippen molar-refractivity contribution in [2.45, 2.75) is 0 Å². The molecule has 2 N–H and O–H groups in total. The second kappa shape index (κ2) is 9.28. The fourth-order valence-electron chi connectivity index (χ4n) is 2.68. The zero-order valence-corrected chi connectivity index (χ0v) is 15.7. The molecule has 0 spiro atoms. The minimum absolute atomic E-state index is 0.0334. The quantitative estimate of drug-likeness (QED) is 0.352. The molecule has 0 radical (unpaired) electrons. The van der Waals surface area contributed by atoms with Gasteiger partial charge in [-0.3, -0.25) is 24.5 Å². The predicted molar refractivity (Wildman–Crippen MR) is 109 cm³/mol. The smallest absolute Gasteiger partial charge is 0.325 e. The van der Waals surface area contributed by atoms with E-state index < -0.39 is 35.9 Å². The van der Waals surface area contributed by atoms with Crippen molar-refractivity contribution >= 4 is 39.9 Å². The second-order valence-electron chi connectivity index (χ2n) is 6.26. The number of benzene rings is 3. The van der Waals surface area contributed by atoms with Gasteiger partial charge in [0.25, 0.3) is 17.5 Å². The monoisotopic (exact) mass is 407 g/mol. The molecule has 0 aliphatic carbocycles. The number of carbonyl (C=O) groups is 3. The molecule has 0 heterocycles. The van der Waals surface area contributed by atoms with E-state index in [4.69, 9.17) is 4.74 Å². The summed E-state index contributed by atoms with van der Waals surface area (Å²) >= 11 is 0. The maximum absolute atomic E-state index is 12.0. The number of nitro benzene ring substituents is 1. The predicted octanol–water partition coefficient (Wildman–Crippen LogP) is 2.66. The van der Waals surface area contributed by atoms with Gasteiger partial charge in [0.05, 0.1) is 4.92 Å². The Morgan fingerprint density at radius 2 is 1.70 bits per heavy atom. The highest BCUT2D eigenvalue weighted by molar-refractivity contribution is 5.97. The van der Waals surface area contributed by atoms with E-state index in [0.29, 0.717) is 5.69 Å². The van der Waals surface area contributed by atoms with Crippen molar-refractivity contribution in [3.8, 4) is 0 Å². The number of anilines is 1. The molecule has 2 amide bonds. The molecule has 0 aliphatic rings. The number of non-ortho nitro benzene ring substituents is 1. The molecular formula is C21H17N3O6. The molecule has 3 aromatic rings. The number of amides is 2. The summed E-state index contributed by atoms with van der Waals surface area (Å²) in [5, 5.41) is 17.7. The topological polar surface area (TPSA) is 128 Å². The van der Waals surface area contributed by atoms with Crippen LogP contribution in [0.3, 0.4) is 0 Å². The van der Waals surface area contributed by atoms with Gasteiger partial charge >= 0.3 is 5.97 Å². The molecule has 0 saturated heterocycles. The number of hydrogen-bond donors (Lipinski definition) is 2. The van der Waals surface area contributed by atoms with E-state index >= 15 is 0 Å². The summed E-state index contributed by atoms with van der Waals surface area (Å²) in [4.78, 5) is 45.8. The van der Waals surface area contributed by atoms with Gasteiger partial charge in [-0.05, 0) is 29.0 Å². The summed E-state index contributed by atoms with van der Waals surface area (Å²) < 4.78 is 4.84. The lowest BCUT2D eigenvalue weighted by atomic mass is 10.1. The number of nitro groups is 1. The highest BCUT2D eigenvalue weighted by atomic mass is 16.6. The molecular weight excluding hydrogens is 390 g/mol. The van der Waals surface area contributed by atoms with Crippen molar-refractivity contribution in [1.29, 1.82) is 0 Å². The normalized spacial score (nSPS) is 10.3. The fraction of sp³-hybridized carbons (Fsp3) is 0.0952. The number of nitrogens with one attached hydrogen (secondary N) is 2. The highest BCUT2D eigenvalue weighted by Gasteiger charge is 2.14. The molecule has 152 valence electrons. The van der Waals surface area contributed by atoms with Crippen molar-refractivity contribution < 1.29 is 24.0 Å². The molecule has 0 unspecified atom stereocenters. The van der Waals surface area contributed by atoms with Crippen LogP contribution in [0.4, 0.5) is 11.4 Å². The van der Waals surface area contributed by atoms with Crippen molar-refractivity contribution in [2.24, 2.45) is 0 Å². The summed E-state index contributed by atoms with van der Waals surface area (Å²) in [6.45, 7) is -0.997. The summed E-state index contributed by atoms with van der Waals surface area (Å²) in [5.74, 6) is -2.01. The largest absolute Gasteiger partial charge is 0.454 e. The number of esters is 1. The number of fused-ring (bicyclic) bond motifs is 1. The van der Waals surface area contributed by atoms with Crippen molar-refractivity contribution in [1.82, 2.24) is 5.32 Å². The van der Waals surface area contributed by atoms with Gasteiger partial charge in [0, 0.05) is 23.4 Å². The Hall–Kier alpha value is -4.27. The summed E-state index contributed by atoms with van der Waals surface area (Å²) in [5.41, 5.74) is 0.357. The van der Waals surface area contributed by atoms with Crippen LogP contribution in [0.1, 0.15) is 10.4 Å². The minimum Gasteiger partial charge on any atom is -0.454 e. The van der Waals surface area contributed by atoms with Gasteiger partial charge in [-0.1, -0.05) is 36.4 Å². The molecule has 9 nitrogen and oxygen atoms in total. The molecule has 0 aromatic heterocycles. The average Bonchev–Trinajstić information content (AvgIpc) is 2.76. The van der Waals surface area contributed by atoms with Gasteiger partial charge in [0.1, 0.15) is 6.54 Å². The number of ether oxygens (including phenoxy) is 1. The first-order valence-corrected chi connectivity index (χ1v) is 8.89. The second-order valence-corrected chi connectivity index (χ2v) is 6.26. The van der Waals surface area contributed by atoms with E-state index in [-0.39, 0.29) is 11.3 Å². The Morgan fingerprint density at radius 1 is 0.933 bits per heavy atom. The maximum atomic E-state index is 12.0. The SMILES string of the molecule is O=C(COC(=O)CNC(=O)c1cccc([N+](=O)[O-])c1)Nc1ccc2ccccc2c1. The van der Waals surface area contributed by atoms with Crippen LogP contribution in [0.2, 0.25) is 0 Å². The van der Waals surface area contributed by atoms with Gasteiger partial charge in [-0.2, -0.15) is 0 Å². The Balaban J connectivity index is 1.45. The molecule has 30 heavy (non-hydrogen) atoms. The van der Waals surface area contributed by atoms with Crippen LogP contribution in [0.25, 0.3) is 10.8 Å². The number of carbonyl (C=O) groups excluding carboxylic acids is 3. The number of nitrogens with zero attached hydrogens (tertiary/aromatic N) is 1. The third kappa shape index (κ3) is 5.38. The fourth-order valence-corrected chi connectivity index (χ4v) is 2.68. The van der Waals surface area contributed by atoms with Crippen LogP contribution >= 0.6 is 0 Å². The Labute approximate surface area is 170 Å². The van der Waals surface area contributed by atoms with E-state index in [1.807, 2.05) is 30.3 Å². The lowest BCUT2D eigenvalue weighted by Crippen LogP contribution is -2.32. The van der Waals surface area contributed by atoms with Gasteiger partial charge in [0.15, 0.2) is 6.61 Å². The van der Waals surface area contributed by atoms with Gasteiger partial charge in [-0.15, -0.1) is 0 Å². The van der Waals surface area contributed by atoms with Crippen molar-refractivity contribution in [3.63, 3.8) is 0 Å². The van der Waals surface area contributed by atoms with E-state index in [1.54, 1.807) is 12.1 Å². The Bertz CT molecular complexity index is 1130. The molecule has 0 fully saturated rings. The van der Waals surface area contributed by atoms with Gasteiger partial charge < -0.3 is 15.4 Å². The first-order valence-electron chi connectivity index (χ1n) is 8.89. The highest BCUT2D eigenvalue weighted by Crippen LogP contribution is 2.18. The zero-order valence-electron chi connectivity index (χ0n) is 15.7. The molecule has 0 aliphatic heterocycles. The molecule has 0 atom stereocenters.